The molecule has 2 saturated heterocycles. The van der Waals surface area contributed by atoms with Crippen LogP contribution in [0.3, 0.4) is 0 Å². The first-order valence-electron chi connectivity index (χ1n) is 10.7. The highest BCUT2D eigenvalue weighted by Gasteiger charge is 2.25. The monoisotopic (exact) mass is 395 g/mol. The Labute approximate surface area is 170 Å². The molecule has 0 saturated carbocycles. The number of aromatic nitrogens is 3. The first-order chi connectivity index (χ1) is 14.2. The molecule has 2 aliphatic heterocycles. The van der Waals surface area contributed by atoms with Crippen molar-refractivity contribution in [2.45, 2.75) is 51.0 Å². The number of nitrogens with two attached hydrogens (primary N) is 1. The molecule has 0 aromatic carbocycles. The number of rotatable bonds is 4. The fourth-order valence-electron chi connectivity index (χ4n) is 4.67. The van der Waals surface area contributed by atoms with Crippen molar-refractivity contribution in [3.8, 4) is 0 Å². The Balaban J connectivity index is 1.36. The highest BCUT2D eigenvalue weighted by molar-refractivity contribution is 5.49. The van der Waals surface area contributed by atoms with E-state index in [1.807, 2.05) is 19.1 Å². The maximum atomic E-state index is 6.37. The number of hydrogen-bond donors (Lipinski definition) is 1. The van der Waals surface area contributed by atoms with E-state index in [-0.39, 0.29) is 0 Å². The number of ether oxygens (including phenoxy) is 1. The molecular formula is C22H29N5O2. The first-order valence-corrected chi connectivity index (χ1v) is 10.7. The van der Waals surface area contributed by atoms with Gasteiger partial charge < -0.3 is 14.9 Å². The van der Waals surface area contributed by atoms with Gasteiger partial charge in [-0.15, -0.1) is 0 Å². The van der Waals surface area contributed by atoms with E-state index in [9.17, 15) is 0 Å². The van der Waals surface area contributed by atoms with Gasteiger partial charge in [-0.3, -0.25) is 4.90 Å². The maximum absolute atomic E-state index is 6.37. The molecule has 1 unspecified atom stereocenters. The summed E-state index contributed by atoms with van der Waals surface area (Å²) in [5, 5.41) is 4.75. The van der Waals surface area contributed by atoms with Crippen molar-refractivity contribution in [1.82, 2.24) is 19.5 Å². The highest BCUT2D eigenvalue weighted by atomic mass is 16.5. The topological polar surface area (TPSA) is 81.8 Å². The number of furan rings is 1. The van der Waals surface area contributed by atoms with Gasteiger partial charge in [0.2, 0.25) is 0 Å². The molecule has 0 aliphatic carbocycles. The third-order valence-corrected chi connectivity index (χ3v) is 6.23. The van der Waals surface area contributed by atoms with Gasteiger partial charge in [-0.05, 0) is 51.3 Å². The van der Waals surface area contributed by atoms with E-state index in [1.54, 1.807) is 4.52 Å². The summed E-state index contributed by atoms with van der Waals surface area (Å²) in [6, 6.07) is 8.23. The quantitative estimate of drug-likeness (QED) is 0.728. The lowest BCUT2D eigenvalue weighted by Crippen LogP contribution is -2.34. The summed E-state index contributed by atoms with van der Waals surface area (Å²) in [5.41, 5.74) is 9.40. The van der Waals surface area contributed by atoms with Gasteiger partial charge in [-0.2, -0.15) is 9.61 Å². The lowest BCUT2D eigenvalue weighted by molar-refractivity contribution is 0.0844. The van der Waals surface area contributed by atoms with E-state index in [0.717, 1.165) is 87.1 Å². The van der Waals surface area contributed by atoms with Gasteiger partial charge in [0.05, 0.1) is 17.9 Å². The van der Waals surface area contributed by atoms with Crippen LogP contribution in [-0.4, -0.2) is 45.8 Å². The van der Waals surface area contributed by atoms with E-state index in [2.05, 4.69) is 17.0 Å². The fraction of sp³-hybridized carbons (Fsp3) is 0.545. The van der Waals surface area contributed by atoms with Gasteiger partial charge >= 0.3 is 0 Å². The summed E-state index contributed by atoms with van der Waals surface area (Å²) >= 11 is 0. The van der Waals surface area contributed by atoms with Gasteiger partial charge in [-0.25, -0.2) is 4.98 Å². The van der Waals surface area contributed by atoms with Crippen molar-refractivity contribution in [3.63, 3.8) is 0 Å². The molecule has 154 valence electrons. The van der Waals surface area contributed by atoms with Gasteiger partial charge in [0, 0.05) is 43.7 Å². The summed E-state index contributed by atoms with van der Waals surface area (Å²) < 4.78 is 13.0. The lowest BCUT2D eigenvalue weighted by Gasteiger charge is -2.31. The zero-order chi connectivity index (χ0) is 19.8. The van der Waals surface area contributed by atoms with Crippen LogP contribution in [0.1, 0.15) is 60.4 Å². The second kappa shape index (κ2) is 7.80. The minimum absolute atomic E-state index is 0.383. The van der Waals surface area contributed by atoms with Crippen LogP contribution in [0.5, 0.6) is 0 Å². The van der Waals surface area contributed by atoms with Crippen LogP contribution < -0.4 is 5.73 Å². The molecule has 2 aliphatic rings. The van der Waals surface area contributed by atoms with E-state index in [1.165, 1.54) is 0 Å². The third kappa shape index (κ3) is 3.89. The molecule has 0 radical (unpaired) electrons. The fourth-order valence-corrected chi connectivity index (χ4v) is 4.67. The summed E-state index contributed by atoms with van der Waals surface area (Å²) in [7, 11) is 0. The smallest absolute Gasteiger partial charge is 0.157 e. The average Bonchev–Trinajstić information content (AvgIpc) is 3.35. The highest BCUT2D eigenvalue weighted by Crippen LogP contribution is 2.30. The SMILES string of the molecule is Cc1ccc(CN2CCCC(c3cc(N)n4nc(C5CCOCC5)cc4n3)C2)o1. The number of piperidine rings is 1. The number of fused-ring (bicyclic) bond motifs is 1. The van der Waals surface area contributed by atoms with Gasteiger partial charge in [-0.1, -0.05) is 0 Å². The number of aryl methyl sites for hydroxylation is 1. The van der Waals surface area contributed by atoms with Crippen LogP contribution >= 0.6 is 0 Å². The Morgan fingerprint density at radius 1 is 1.10 bits per heavy atom. The molecule has 0 bridgehead atoms. The largest absolute Gasteiger partial charge is 0.465 e. The predicted octanol–water partition coefficient (Wildman–Crippen LogP) is 3.49. The van der Waals surface area contributed by atoms with Crippen molar-refractivity contribution in [2.75, 3.05) is 32.0 Å². The Morgan fingerprint density at radius 3 is 2.76 bits per heavy atom. The van der Waals surface area contributed by atoms with Crippen LogP contribution in [-0.2, 0) is 11.3 Å². The molecule has 0 spiro atoms. The first kappa shape index (κ1) is 18.6. The molecular weight excluding hydrogens is 366 g/mol. The Kier molecular flexibility index (Phi) is 5.01. The Bertz CT molecular complexity index is 988. The molecule has 2 N–H and O–H groups in total. The van der Waals surface area contributed by atoms with Crippen LogP contribution in [0.25, 0.3) is 5.65 Å². The molecule has 3 aromatic heterocycles. The molecule has 5 heterocycles. The summed E-state index contributed by atoms with van der Waals surface area (Å²) in [6.45, 7) is 6.52. The number of hydrogen-bond acceptors (Lipinski definition) is 6. The van der Waals surface area contributed by atoms with Gasteiger partial charge in [0.15, 0.2) is 5.65 Å². The zero-order valence-electron chi connectivity index (χ0n) is 17.0. The van der Waals surface area contributed by atoms with Crippen LogP contribution in [0.15, 0.2) is 28.7 Å². The Morgan fingerprint density at radius 2 is 1.97 bits per heavy atom. The van der Waals surface area contributed by atoms with Crippen molar-refractivity contribution >= 4 is 11.5 Å². The molecule has 7 nitrogen and oxygen atoms in total. The molecule has 29 heavy (non-hydrogen) atoms. The van der Waals surface area contributed by atoms with Gasteiger partial charge in [0.1, 0.15) is 17.3 Å². The normalized spacial score (nSPS) is 21.8. The van der Waals surface area contributed by atoms with Gasteiger partial charge in [0.25, 0.3) is 0 Å². The summed E-state index contributed by atoms with van der Waals surface area (Å²) in [4.78, 5) is 7.42. The summed E-state index contributed by atoms with van der Waals surface area (Å²) in [6.07, 6.45) is 4.32. The molecule has 7 heteroatoms. The zero-order valence-corrected chi connectivity index (χ0v) is 17.0. The van der Waals surface area contributed by atoms with Crippen molar-refractivity contribution in [1.29, 1.82) is 0 Å². The van der Waals surface area contributed by atoms with E-state index in [4.69, 9.17) is 25.0 Å². The van der Waals surface area contributed by atoms with Crippen molar-refractivity contribution in [3.05, 3.63) is 47.2 Å². The van der Waals surface area contributed by atoms with Crippen LogP contribution in [0, 0.1) is 6.92 Å². The standard InChI is InChI=1S/C22H29N5O2/c1-15-4-5-18(29-15)14-26-8-2-3-17(13-26)19-11-21(23)27-22(24-19)12-20(25-27)16-6-9-28-10-7-16/h4-5,11-12,16-17H,2-3,6-10,13-14,23H2,1H3. The average molecular weight is 396 g/mol. The minimum atomic E-state index is 0.383. The van der Waals surface area contributed by atoms with E-state index < -0.39 is 0 Å². The second-order valence-corrected chi connectivity index (χ2v) is 8.42. The van der Waals surface area contributed by atoms with E-state index in [0.29, 0.717) is 17.7 Å². The molecule has 0 amide bonds. The number of nitrogen functional groups attached to an aromatic ring is 1. The molecule has 2 fully saturated rings. The molecule has 3 aromatic rings. The maximum Gasteiger partial charge on any atom is 0.157 e. The Hall–Kier alpha value is -2.38. The van der Waals surface area contributed by atoms with Crippen LogP contribution in [0.4, 0.5) is 5.82 Å². The summed E-state index contributed by atoms with van der Waals surface area (Å²) in [5.74, 6) is 3.49. The molecule has 5 rings (SSSR count). The van der Waals surface area contributed by atoms with Crippen molar-refractivity contribution in [2.24, 2.45) is 0 Å². The number of likely N-dealkylation sites (tertiary alicyclic amines) is 1. The van der Waals surface area contributed by atoms with Crippen molar-refractivity contribution < 1.29 is 9.15 Å². The second-order valence-electron chi connectivity index (χ2n) is 8.42. The number of anilines is 1. The lowest BCUT2D eigenvalue weighted by atomic mass is 9.94. The molecule has 1 atom stereocenters. The number of nitrogens with zero attached hydrogens (tertiary/aromatic N) is 4. The van der Waals surface area contributed by atoms with Crippen LogP contribution in [0.2, 0.25) is 0 Å². The predicted molar refractivity (Wildman–Crippen MR) is 111 cm³/mol. The third-order valence-electron chi connectivity index (χ3n) is 6.23. The van der Waals surface area contributed by atoms with E-state index >= 15 is 0 Å². The minimum Gasteiger partial charge on any atom is -0.465 e.